The minimum Gasteiger partial charge on any atom is -0.445 e. The molecule has 0 aliphatic carbocycles. The Kier molecular flexibility index (Phi) is 5.64. The zero-order valence-corrected chi connectivity index (χ0v) is 14.4. The summed E-state index contributed by atoms with van der Waals surface area (Å²) in [7, 11) is -3.26. The van der Waals surface area contributed by atoms with Crippen molar-refractivity contribution in [2.45, 2.75) is 38.3 Å². The predicted molar refractivity (Wildman–Crippen MR) is 88.4 cm³/mol. The van der Waals surface area contributed by atoms with Crippen LogP contribution in [0.4, 0.5) is 4.79 Å². The van der Waals surface area contributed by atoms with Crippen molar-refractivity contribution in [1.29, 1.82) is 0 Å². The number of alkyl carbamates (subject to hydrolysis) is 1. The maximum Gasteiger partial charge on any atom is 0.407 e. The normalized spacial score (nSPS) is 22.5. The van der Waals surface area contributed by atoms with E-state index in [1.54, 1.807) is 0 Å². The summed E-state index contributed by atoms with van der Waals surface area (Å²) in [4.78, 5) is 12.1. The number of piperidine rings is 1. The third-order valence-electron chi connectivity index (χ3n) is 4.27. The van der Waals surface area contributed by atoms with Gasteiger partial charge in [-0.05, 0) is 24.8 Å². The van der Waals surface area contributed by atoms with Gasteiger partial charge in [-0.15, -0.1) is 0 Å². The first kappa shape index (κ1) is 17.7. The topological polar surface area (TPSA) is 75.7 Å². The summed E-state index contributed by atoms with van der Waals surface area (Å²) in [5, 5.41) is 2.89. The number of rotatable bonds is 5. The van der Waals surface area contributed by atoms with Gasteiger partial charge in [-0.1, -0.05) is 37.3 Å². The van der Waals surface area contributed by atoms with Gasteiger partial charge in [0.1, 0.15) is 6.61 Å². The molecule has 1 unspecified atom stereocenters. The molecule has 6 nitrogen and oxygen atoms in total. The Balaban J connectivity index is 1.96. The molecule has 1 aliphatic heterocycles. The summed E-state index contributed by atoms with van der Waals surface area (Å²) in [6.45, 7) is 2.94. The molecule has 23 heavy (non-hydrogen) atoms. The van der Waals surface area contributed by atoms with Crippen LogP contribution in [-0.4, -0.2) is 43.7 Å². The van der Waals surface area contributed by atoms with Crippen LogP contribution in [0, 0.1) is 0 Å². The summed E-state index contributed by atoms with van der Waals surface area (Å²) in [6.07, 6.45) is 2.81. The van der Waals surface area contributed by atoms with Crippen molar-refractivity contribution in [3.8, 4) is 0 Å². The van der Waals surface area contributed by atoms with Gasteiger partial charge in [0.05, 0.1) is 11.8 Å². The highest BCUT2D eigenvalue weighted by Crippen LogP contribution is 2.26. The van der Waals surface area contributed by atoms with E-state index < -0.39 is 21.7 Å². The molecule has 7 heteroatoms. The van der Waals surface area contributed by atoms with Crippen molar-refractivity contribution >= 4 is 16.1 Å². The van der Waals surface area contributed by atoms with Gasteiger partial charge >= 0.3 is 6.09 Å². The molecule has 1 aliphatic rings. The zero-order chi connectivity index (χ0) is 16.9. The van der Waals surface area contributed by atoms with Gasteiger partial charge in [-0.2, -0.15) is 4.31 Å². The van der Waals surface area contributed by atoms with E-state index in [9.17, 15) is 13.2 Å². The summed E-state index contributed by atoms with van der Waals surface area (Å²) >= 11 is 0. The Bertz CT molecular complexity index is 633. The lowest BCUT2D eigenvalue weighted by molar-refractivity contribution is 0.109. The highest BCUT2D eigenvalue weighted by molar-refractivity contribution is 7.88. The van der Waals surface area contributed by atoms with E-state index in [0.29, 0.717) is 19.5 Å². The molecule has 2 rings (SSSR count). The third-order valence-corrected chi connectivity index (χ3v) is 5.52. The van der Waals surface area contributed by atoms with E-state index in [4.69, 9.17) is 4.74 Å². The first-order valence-electron chi connectivity index (χ1n) is 7.79. The quantitative estimate of drug-likeness (QED) is 0.891. The standard InChI is InChI=1S/C16H24N2O4S/c1-3-16(10-7-11-18(13-16)23(2,20)21)17-15(19)22-12-14-8-5-4-6-9-14/h4-6,8-9H,3,7,10-13H2,1-2H3,(H,17,19). The van der Waals surface area contributed by atoms with E-state index in [0.717, 1.165) is 18.4 Å². The maximum absolute atomic E-state index is 12.1. The van der Waals surface area contributed by atoms with Gasteiger partial charge in [0.25, 0.3) is 0 Å². The number of hydrogen-bond donors (Lipinski definition) is 1. The van der Waals surface area contributed by atoms with Crippen molar-refractivity contribution in [2.75, 3.05) is 19.3 Å². The Morgan fingerprint density at radius 3 is 2.65 bits per heavy atom. The number of hydrogen-bond acceptors (Lipinski definition) is 4. The molecule has 0 bridgehead atoms. The summed E-state index contributed by atoms with van der Waals surface area (Å²) in [6, 6.07) is 9.44. The smallest absolute Gasteiger partial charge is 0.407 e. The molecular weight excluding hydrogens is 316 g/mol. The average Bonchev–Trinajstić information content (AvgIpc) is 2.53. The Morgan fingerprint density at radius 2 is 2.04 bits per heavy atom. The molecule has 1 amide bonds. The number of nitrogens with zero attached hydrogens (tertiary/aromatic N) is 1. The number of benzene rings is 1. The second-order valence-corrected chi connectivity index (χ2v) is 8.00. The van der Waals surface area contributed by atoms with Crippen molar-refractivity contribution < 1.29 is 17.9 Å². The van der Waals surface area contributed by atoms with Crippen LogP contribution in [0.5, 0.6) is 0 Å². The van der Waals surface area contributed by atoms with Crippen LogP contribution in [0.2, 0.25) is 0 Å². The number of sulfonamides is 1. The van der Waals surface area contributed by atoms with E-state index in [1.165, 1.54) is 10.6 Å². The molecule has 1 fully saturated rings. The molecule has 0 radical (unpaired) electrons. The Morgan fingerprint density at radius 1 is 1.35 bits per heavy atom. The highest BCUT2D eigenvalue weighted by Gasteiger charge is 2.38. The van der Waals surface area contributed by atoms with E-state index in [2.05, 4.69) is 5.32 Å². The molecule has 1 aromatic carbocycles. The SMILES string of the molecule is CCC1(NC(=O)OCc2ccccc2)CCCN(S(C)(=O)=O)C1. The van der Waals surface area contributed by atoms with Crippen LogP contribution in [0.1, 0.15) is 31.7 Å². The predicted octanol–water partition coefficient (Wildman–Crippen LogP) is 2.12. The van der Waals surface area contributed by atoms with Crippen LogP contribution >= 0.6 is 0 Å². The fourth-order valence-electron chi connectivity index (χ4n) is 2.83. The van der Waals surface area contributed by atoms with Gasteiger partial charge in [-0.3, -0.25) is 0 Å². The molecule has 1 atom stereocenters. The van der Waals surface area contributed by atoms with Gasteiger partial charge in [0, 0.05) is 13.1 Å². The molecule has 1 N–H and O–H groups in total. The van der Waals surface area contributed by atoms with Crippen LogP contribution in [0.25, 0.3) is 0 Å². The highest BCUT2D eigenvalue weighted by atomic mass is 32.2. The molecule has 0 aromatic heterocycles. The largest absolute Gasteiger partial charge is 0.445 e. The van der Waals surface area contributed by atoms with Crippen LogP contribution in [0.3, 0.4) is 0 Å². The van der Waals surface area contributed by atoms with E-state index in [1.807, 2.05) is 37.3 Å². The van der Waals surface area contributed by atoms with Crippen molar-refractivity contribution in [3.63, 3.8) is 0 Å². The lowest BCUT2D eigenvalue weighted by Crippen LogP contribution is -2.59. The number of carbonyl (C=O) groups is 1. The first-order valence-corrected chi connectivity index (χ1v) is 9.63. The number of carbonyl (C=O) groups excluding carboxylic acids is 1. The second-order valence-electron chi connectivity index (χ2n) is 6.02. The third kappa shape index (κ3) is 4.94. The summed E-state index contributed by atoms with van der Waals surface area (Å²) in [5.41, 5.74) is 0.351. The molecule has 128 valence electrons. The molecular formula is C16H24N2O4S. The van der Waals surface area contributed by atoms with Crippen molar-refractivity contribution in [1.82, 2.24) is 9.62 Å². The maximum atomic E-state index is 12.1. The summed E-state index contributed by atoms with van der Waals surface area (Å²) < 4.78 is 30.2. The van der Waals surface area contributed by atoms with Gasteiger partial charge in [0.2, 0.25) is 10.0 Å². The summed E-state index contributed by atoms with van der Waals surface area (Å²) in [5.74, 6) is 0. The van der Waals surface area contributed by atoms with Crippen LogP contribution in [-0.2, 0) is 21.4 Å². The number of ether oxygens (including phenoxy) is 1. The minimum atomic E-state index is -3.26. The van der Waals surface area contributed by atoms with E-state index in [-0.39, 0.29) is 6.61 Å². The molecule has 1 aromatic rings. The van der Waals surface area contributed by atoms with Crippen LogP contribution < -0.4 is 5.32 Å². The minimum absolute atomic E-state index is 0.197. The lowest BCUT2D eigenvalue weighted by Gasteiger charge is -2.41. The molecule has 0 spiro atoms. The zero-order valence-electron chi connectivity index (χ0n) is 13.6. The average molecular weight is 340 g/mol. The van der Waals surface area contributed by atoms with Gasteiger partial charge in [-0.25, -0.2) is 13.2 Å². The Labute approximate surface area is 137 Å². The monoisotopic (exact) mass is 340 g/mol. The van der Waals surface area contributed by atoms with Gasteiger partial charge < -0.3 is 10.1 Å². The molecule has 1 saturated heterocycles. The number of amides is 1. The molecule has 1 heterocycles. The first-order chi connectivity index (χ1) is 10.8. The van der Waals surface area contributed by atoms with Crippen molar-refractivity contribution in [3.05, 3.63) is 35.9 Å². The fraction of sp³-hybridized carbons (Fsp3) is 0.562. The number of nitrogens with one attached hydrogen (secondary N) is 1. The lowest BCUT2D eigenvalue weighted by atomic mass is 9.88. The second kappa shape index (κ2) is 7.31. The van der Waals surface area contributed by atoms with Gasteiger partial charge in [0.15, 0.2) is 0 Å². The van der Waals surface area contributed by atoms with E-state index >= 15 is 0 Å². The van der Waals surface area contributed by atoms with Crippen molar-refractivity contribution in [2.24, 2.45) is 0 Å². The Hall–Kier alpha value is -1.60. The molecule has 0 saturated carbocycles. The van der Waals surface area contributed by atoms with Crippen LogP contribution in [0.15, 0.2) is 30.3 Å². The fourth-order valence-corrected chi connectivity index (χ4v) is 3.77.